The van der Waals surface area contributed by atoms with Crippen molar-refractivity contribution in [2.75, 3.05) is 6.54 Å². The van der Waals surface area contributed by atoms with Crippen molar-refractivity contribution in [1.29, 1.82) is 0 Å². The highest BCUT2D eigenvalue weighted by molar-refractivity contribution is 7.13. The minimum Gasteiger partial charge on any atom is -0.361 e. The zero-order chi connectivity index (χ0) is 21.4. The Kier molecular flexibility index (Phi) is 4.81. The van der Waals surface area contributed by atoms with Crippen molar-refractivity contribution < 1.29 is 4.79 Å². The first-order valence-corrected chi connectivity index (χ1v) is 10.8. The molecular formula is C23H18N6OS. The van der Waals surface area contributed by atoms with Crippen LogP contribution >= 0.6 is 11.3 Å². The number of aromatic nitrogens is 4. The van der Waals surface area contributed by atoms with E-state index in [2.05, 4.69) is 26.1 Å². The van der Waals surface area contributed by atoms with Crippen LogP contribution in [-0.4, -0.2) is 37.1 Å². The first kappa shape index (κ1) is 19.2. The fourth-order valence-electron chi connectivity index (χ4n) is 3.85. The normalized spacial score (nSPS) is 15.4. The van der Waals surface area contributed by atoms with Crippen molar-refractivity contribution in [1.82, 2.24) is 24.6 Å². The minimum absolute atomic E-state index is 0.0193. The quantitative estimate of drug-likeness (QED) is 0.440. The van der Waals surface area contributed by atoms with E-state index in [1.807, 2.05) is 58.2 Å². The fraction of sp³-hybridized carbons (Fsp3) is 0.174. The number of rotatable bonds is 3. The van der Waals surface area contributed by atoms with Gasteiger partial charge in [0, 0.05) is 23.5 Å². The van der Waals surface area contributed by atoms with Crippen LogP contribution in [0.15, 0.2) is 60.0 Å². The maximum absolute atomic E-state index is 13.2. The van der Waals surface area contributed by atoms with E-state index in [4.69, 9.17) is 6.57 Å². The second-order valence-electron chi connectivity index (χ2n) is 7.26. The van der Waals surface area contributed by atoms with Gasteiger partial charge in [0.2, 0.25) is 5.82 Å². The van der Waals surface area contributed by atoms with Crippen LogP contribution in [0.3, 0.4) is 0 Å². The van der Waals surface area contributed by atoms with Gasteiger partial charge in [-0.3, -0.25) is 4.79 Å². The number of thiophene rings is 1. The molecule has 1 aromatic carbocycles. The molecule has 1 unspecified atom stereocenters. The van der Waals surface area contributed by atoms with Crippen LogP contribution in [0.2, 0.25) is 0 Å². The van der Waals surface area contributed by atoms with Crippen LogP contribution in [0.25, 0.3) is 26.8 Å². The first-order valence-electron chi connectivity index (χ1n) is 9.88. The molecular weight excluding hydrogens is 408 g/mol. The van der Waals surface area contributed by atoms with Gasteiger partial charge in [0.25, 0.3) is 11.7 Å². The smallest absolute Gasteiger partial charge is 0.270 e. The molecule has 8 heteroatoms. The maximum Gasteiger partial charge on any atom is 0.270 e. The van der Waals surface area contributed by atoms with Crippen molar-refractivity contribution in [3.05, 3.63) is 82.8 Å². The Morgan fingerprint density at radius 2 is 1.94 bits per heavy atom. The molecule has 31 heavy (non-hydrogen) atoms. The molecule has 1 aliphatic rings. The van der Waals surface area contributed by atoms with Crippen molar-refractivity contribution in [2.45, 2.75) is 19.5 Å². The van der Waals surface area contributed by atoms with Gasteiger partial charge in [0.15, 0.2) is 11.5 Å². The number of carbonyl (C=O) groups is 1. The fourth-order valence-corrected chi connectivity index (χ4v) is 4.58. The second kappa shape index (κ2) is 7.78. The van der Waals surface area contributed by atoms with Gasteiger partial charge in [-0.2, -0.15) is 0 Å². The number of amides is 1. The van der Waals surface area contributed by atoms with E-state index < -0.39 is 0 Å². The van der Waals surface area contributed by atoms with Gasteiger partial charge in [-0.1, -0.05) is 30.8 Å². The van der Waals surface area contributed by atoms with Gasteiger partial charge in [-0.15, -0.1) is 26.5 Å². The summed E-state index contributed by atoms with van der Waals surface area (Å²) in [7, 11) is 0. The number of nitrogens with zero attached hydrogens (tertiary/aromatic N) is 6. The molecule has 0 aliphatic carbocycles. The molecule has 4 heterocycles. The van der Waals surface area contributed by atoms with Crippen molar-refractivity contribution in [2.24, 2.45) is 0 Å². The third kappa shape index (κ3) is 3.39. The molecule has 0 spiro atoms. The zero-order valence-electron chi connectivity index (χ0n) is 16.8. The third-order valence-electron chi connectivity index (χ3n) is 5.46. The Morgan fingerprint density at radius 1 is 1.10 bits per heavy atom. The van der Waals surface area contributed by atoms with E-state index in [1.54, 1.807) is 23.5 Å². The molecule has 5 rings (SSSR count). The zero-order valence-corrected chi connectivity index (χ0v) is 17.6. The summed E-state index contributed by atoms with van der Waals surface area (Å²) in [6.45, 7) is 10.3. The van der Waals surface area contributed by atoms with Crippen LogP contribution in [0, 0.1) is 6.57 Å². The van der Waals surface area contributed by atoms with Gasteiger partial charge >= 0.3 is 0 Å². The predicted molar refractivity (Wildman–Crippen MR) is 119 cm³/mol. The van der Waals surface area contributed by atoms with Crippen molar-refractivity contribution in [3.63, 3.8) is 0 Å². The molecule has 1 amide bonds. The molecule has 1 aliphatic heterocycles. The number of benzene rings is 1. The predicted octanol–water partition coefficient (Wildman–Crippen LogP) is 4.84. The molecule has 3 aromatic heterocycles. The van der Waals surface area contributed by atoms with Crippen LogP contribution in [0.1, 0.15) is 29.1 Å². The van der Waals surface area contributed by atoms with E-state index in [0.717, 1.165) is 11.4 Å². The van der Waals surface area contributed by atoms with E-state index in [-0.39, 0.29) is 11.9 Å². The second-order valence-corrected chi connectivity index (χ2v) is 8.20. The lowest BCUT2D eigenvalue weighted by molar-refractivity contribution is 0.0638. The van der Waals surface area contributed by atoms with E-state index >= 15 is 0 Å². The summed E-state index contributed by atoms with van der Waals surface area (Å²) in [4.78, 5) is 23.9. The lowest BCUT2D eigenvalue weighted by Gasteiger charge is -2.33. The molecule has 0 saturated heterocycles. The summed E-state index contributed by atoms with van der Waals surface area (Å²) in [5, 5.41) is 10.7. The van der Waals surface area contributed by atoms with Gasteiger partial charge in [-0.25, -0.2) is 0 Å². The average Bonchev–Trinajstić information content (AvgIpc) is 3.50. The standard InChI is InChI=1S/C23H18N6OS/c1-15-21-26-27-22(18-5-3-7-20(24-2)25-18)29(21)13-12-28(15)23(30)17-10-8-16(9-11-17)19-6-4-14-31-19/h3-11,14-15H,12-13H2,1H3. The molecule has 0 saturated carbocycles. The summed E-state index contributed by atoms with van der Waals surface area (Å²) < 4.78 is 1.99. The van der Waals surface area contributed by atoms with E-state index in [1.165, 1.54) is 4.88 Å². The van der Waals surface area contributed by atoms with Crippen LogP contribution in [0.4, 0.5) is 5.82 Å². The van der Waals surface area contributed by atoms with Crippen molar-refractivity contribution >= 4 is 23.1 Å². The summed E-state index contributed by atoms with van der Waals surface area (Å²) in [6.07, 6.45) is 0. The highest BCUT2D eigenvalue weighted by atomic mass is 32.1. The lowest BCUT2D eigenvalue weighted by atomic mass is 10.1. The summed E-state index contributed by atoms with van der Waals surface area (Å²) in [6, 6.07) is 16.9. The highest BCUT2D eigenvalue weighted by Crippen LogP contribution is 2.30. The summed E-state index contributed by atoms with van der Waals surface area (Å²) in [5.41, 5.74) is 2.38. The van der Waals surface area contributed by atoms with E-state index in [0.29, 0.717) is 36.0 Å². The molecule has 0 radical (unpaired) electrons. The van der Waals surface area contributed by atoms with Gasteiger partial charge in [0.05, 0.1) is 6.04 Å². The minimum atomic E-state index is -0.219. The number of hydrogen-bond donors (Lipinski definition) is 0. The van der Waals surface area contributed by atoms with Gasteiger partial charge in [-0.05, 0) is 48.2 Å². The summed E-state index contributed by atoms with van der Waals surface area (Å²) in [5.74, 6) is 1.65. The molecule has 0 N–H and O–H groups in total. The lowest BCUT2D eigenvalue weighted by Crippen LogP contribution is -2.41. The SMILES string of the molecule is [C-]#[N+]c1cccc(-c2nnc3n2CCN(C(=O)c2ccc(-c4cccs4)cc2)C3C)n1. The summed E-state index contributed by atoms with van der Waals surface area (Å²) >= 11 is 1.68. The molecule has 0 fully saturated rings. The Labute approximate surface area is 183 Å². The van der Waals surface area contributed by atoms with Crippen LogP contribution in [-0.2, 0) is 6.54 Å². The maximum atomic E-state index is 13.2. The topological polar surface area (TPSA) is 68.3 Å². The van der Waals surface area contributed by atoms with Crippen LogP contribution in [0.5, 0.6) is 0 Å². The Bertz CT molecular complexity index is 1290. The Morgan fingerprint density at radius 3 is 2.68 bits per heavy atom. The highest BCUT2D eigenvalue weighted by Gasteiger charge is 2.32. The Balaban J connectivity index is 1.40. The third-order valence-corrected chi connectivity index (χ3v) is 6.38. The van der Waals surface area contributed by atoms with E-state index in [9.17, 15) is 4.79 Å². The Hall–Kier alpha value is -3.83. The molecule has 7 nitrogen and oxygen atoms in total. The van der Waals surface area contributed by atoms with Gasteiger partial charge < -0.3 is 14.3 Å². The molecule has 4 aromatic rings. The number of pyridine rings is 1. The monoisotopic (exact) mass is 426 g/mol. The van der Waals surface area contributed by atoms with Crippen molar-refractivity contribution in [3.8, 4) is 22.0 Å². The molecule has 0 bridgehead atoms. The number of hydrogen-bond acceptors (Lipinski definition) is 5. The number of fused-ring (bicyclic) bond motifs is 1. The first-order chi connectivity index (χ1) is 15.2. The van der Waals surface area contributed by atoms with Crippen LogP contribution < -0.4 is 0 Å². The average molecular weight is 427 g/mol. The molecule has 1 atom stereocenters. The largest absolute Gasteiger partial charge is 0.361 e. The number of carbonyl (C=O) groups excluding carboxylic acids is 1. The van der Waals surface area contributed by atoms with Gasteiger partial charge in [0.1, 0.15) is 0 Å². The molecule has 152 valence electrons.